The summed E-state index contributed by atoms with van der Waals surface area (Å²) >= 11 is 2.00. The Hall–Kier alpha value is -5.25. The lowest BCUT2D eigenvalue weighted by atomic mass is 9.90. The molecule has 45 heavy (non-hydrogen) atoms. The third kappa shape index (κ3) is 3.65. The van der Waals surface area contributed by atoms with E-state index in [1.54, 1.807) is 0 Å². The predicted molar refractivity (Wildman–Crippen MR) is 191 cm³/mol. The Kier molecular flexibility index (Phi) is 5.37. The molecule has 2 nitrogen and oxygen atoms in total. The van der Waals surface area contributed by atoms with Gasteiger partial charge in [0.05, 0.1) is 27.3 Å². The fraction of sp³-hybridized carbons (Fsp3) is 0.0476. The number of para-hydroxylation sites is 3. The highest BCUT2D eigenvalue weighted by atomic mass is 32.2. The Labute approximate surface area is 265 Å². The normalized spacial score (nSPS) is 17.3. The van der Waals surface area contributed by atoms with Crippen molar-refractivity contribution in [2.75, 3.05) is 0 Å². The number of benzene rings is 6. The summed E-state index contributed by atoms with van der Waals surface area (Å²) in [6, 6.07) is 51.2. The molecule has 2 atom stereocenters. The van der Waals surface area contributed by atoms with Crippen molar-refractivity contribution in [1.82, 2.24) is 9.13 Å². The SMILES string of the molecule is C1=CC2c3ccccc3SC2C(n2c3ccccc3c3cc(-c4ccc5c(c4)c4ccccc4n5-c4ccccc4)ccc32)=C1. The zero-order valence-corrected chi connectivity index (χ0v) is 25.3. The number of fused-ring (bicyclic) bond motifs is 9. The van der Waals surface area contributed by atoms with Gasteiger partial charge in [-0.25, -0.2) is 0 Å². The van der Waals surface area contributed by atoms with Gasteiger partial charge in [-0.15, -0.1) is 11.8 Å². The van der Waals surface area contributed by atoms with Gasteiger partial charge in [-0.05, 0) is 77.4 Å². The van der Waals surface area contributed by atoms with E-state index in [4.69, 9.17) is 0 Å². The number of thioether (sulfide) groups is 1. The Morgan fingerprint density at radius 1 is 0.489 bits per heavy atom. The average Bonchev–Trinajstić information content (AvgIpc) is 3.76. The first-order valence-corrected chi connectivity index (χ1v) is 16.5. The van der Waals surface area contributed by atoms with E-state index in [-0.39, 0.29) is 0 Å². The van der Waals surface area contributed by atoms with Gasteiger partial charge in [0, 0.05) is 43.7 Å². The second kappa shape index (κ2) is 9.62. The number of hydrogen-bond donors (Lipinski definition) is 0. The molecule has 3 heteroatoms. The number of nitrogens with zero attached hydrogens (tertiary/aromatic N) is 2. The summed E-state index contributed by atoms with van der Waals surface area (Å²) in [6.07, 6.45) is 6.97. The van der Waals surface area contributed by atoms with E-state index in [0.717, 1.165) is 0 Å². The van der Waals surface area contributed by atoms with Crippen LogP contribution in [0.2, 0.25) is 0 Å². The maximum atomic E-state index is 2.52. The minimum Gasteiger partial charge on any atom is -0.312 e. The van der Waals surface area contributed by atoms with E-state index < -0.39 is 0 Å². The lowest BCUT2D eigenvalue weighted by Gasteiger charge is -2.25. The van der Waals surface area contributed by atoms with Crippen LogP contribution in [0.15, 0.2) is 163 Å². The van der Waals surface area contributed by atoms with Crippen molar-refractivity contribution >= 4 is 61.1 Å². The third-order valence-electron chi connectivity index (χ3n) is 9.69. The van der Waals surface area contributed by atoms with Gasteiger partial charge in [-0.1, -0.05) is 97.1 Å². The third-order valence-corrected chi connectivity index (χ3v) is 11.1. The number of aromatic nitrogens is 2. The van der Waals surface area contributed by atoms with Gasteiger partial charge in [-0.3, -0.25) is 0 Å². The maximum absolute atomic E-state index is 2.52. The highest BCUT2D eigenvalue weighted by Crippen LogP contribution is 2.52. The summed E-state index contributed by atoms with van der Waals surface area (Å²) in [5, 5.41) is 5.50. The lowest BCUT2D eigenvalue weighted by Crippen LogP contribution is -2.17. The van der Waals surface area contributed by atoms with Crippen LogP contribution in [0.4, 0.5) is 0 Å². The van der Waals surface area contributed by atoms with Crippen LogP contribution in [0, 0.1) is 0 Å². The minimum atomic E-state index is 0.357. The quantitative estimate of drug-likeness (QED) is 0.198. The molecule has 3 heterocycles. The molecule has 0 radical (unpaired) electrons. The van der Waals surface area contributed by atoms with Crippen LogP contribution >= 0.6 is 11.8 Å². The summed E-state index contributed by atoms with van der Waals surface area (Å²) in [7, 11) is 0. The van der Waals surface area contributed by atoms with Crippen LogP contribution in [-0.2, 0) is 0 Å². The first-order valence-electron chi connectivity index (χ1n) is 15.6. The van der Waals surface area contributed by atoms with E-state index >= 15 is 0 Å². The van der Waals surface area contributed by atoms with Gasteiger partial charge in [0.1, 0.15) is 0 Å². The molecule has 2 aromatic heterocycles. The van der Waals surface area contributed by atoms with Crippen molar-refractivity contribution in [2.24, 2.45) is 0 Å². The van der Waals surface area contributed by atoms with Crippen molar-refractivity contribution in [3.05, 3.63) is 163 Å². The molecule has 2 unspecified atom stereocenters. The largest absolute Gasteiger partial charge is 0.312 e. The van der Waals surface area contributed by atoms with Gasteiger partial charge in [-0.2, -0.15) is 0 Å². The number of allylic oxidation sites excluding steroid dienone is 3. The Morgan fingerprint density at radius 3 is 1.80 bits per heavy atom. The summed E-state index contributed by atoms with van der Waals surface area (Å²) < 4.78 is 4.90. The molecular weight excluding hydrogens is 565 g/mol. The van der Waals surface area contributed by atoms with Gasteiger partial charge in [0.2, 0.25) is 0 Å². The van der Waals surface area contributed by atoms with Crippen molar-refractivity contribution < 1.29 is 0 Å². The smallest absolute Gasteiger partial charge is 0.0604 e. The van der Waals surface area contributed by atoms with Crippen LogP contribution in [0.1, 0.15) is 11.5 Å². The standard InChI is InChI=1S/C42H28N2S/c1-2-11-29(12-3-1)43-36-17-7-4-13-30(36)34-25-27(21-23-38(34)43)28-22-24-39-35(26-28)31-14-5-8-18-37(31)44(39)40-19-10-16-33-32-15-6-9-20-41(32)45-42(33)40/h1-26,33,42H. The maximum Gasteiger partial charge on any atom is 0.0604 e. The molecule has 0 bridgehead atoms. The van der Waals surface area contributed by atoms with Gasteiger partial charge < -0.3 is 9.13 Å². The highest BCUT2D eigenvalue weighted by molar-refractivity contribution is 8.00. The fourth-order valence-corrected chi connectivity index (χ4v) is 9.15. The molecule has 1 aliphatic heterocycles. The van der Waals surface area contributed by atoms with Crippen molar-refractivity contribution in [3.8, 4) is 16.8 Å². The van der Waals surface area contributed by atoms with Crippen LogP contribution in [0.5, 0.6) is 0 Å². The monoisotopic (exact) mass is 592 g/mol. The van der Waals surface area contributed by atoms with Gasteiger partial charge in [0.15, 0.2) is 0 Å². The Morgan fingerprint density at radius 2 is 1.07 bits per heavy atom. The van der Waals surface area contributed by atoms with E-state index in [2.05, 4.69) is 167 Å². The summed E-state index contributed by atoms with van der Waals surface area (Å²) in [5.74, 6) is 0.395. The fourth-order valence-electron chi connectivity index (χ4n) is 7.69. The molecule has 8 aromatic rings. The first kappa shape index (κ1) is 25.1. The Bertz CT molecular complexity index is 2530. The van der Waals surface area contributed by atoms with Crippen molar-refractivity contribution in [2.45, 2.75) is 16.1 Å². The summed E-state index contributed by atoms with van der Waals surface area (Å²) in [5.41, 5.74) is 11.4. The van der Waals surface area contributed by atoms with E-state index in [9.17, 15) is 0 Å². The molecule has 0 amide bonds. The van der Waals surface area contributed by atoms with E-state index in [1.807, 2.05) is 11.8 Å². The Balaban J connectivity index is 1.14. The van der Waals surface area contributed by atoms with E-state index in [0.29, 0.717) is 11.2 Å². The zero-order valence-electron chi connectivity index (χ0n) is 24.5. The average molecular weight is 593 g/mol. The second-order valence-corrected chi connectivity index (χ2v) is 13.3. The molecule has 212 valence electrons. The number of hydrogen-bond acceptors (Lipinski definition) is 1. The van der Waals surface area contributed by atoms with Crippen LogP contribution in [-0.4, -0.2) is 14.4 Å². The number of rotatable bonds is 3. The molecule has 2 aliphatic rings. The molecule has 6 aromatic carbocycles. The zero-order chi connectivity index (χ0) is 29.5. The molecule has 1 aliphatic carbocycles. The summed E-state index contributed by atoms with van der Waals surface area (Å²) in [4.78, 5) is 1.40. The van der Waals surface area contributed by atoms with Crippen LogP contribution < -0.4 is 0 Å². The molecule has 0 spiro atoms. The second-order valence-electron chi connectivity index (χ2n) is 12.1. The van der Waals surface area contributed by atoms with Gasteiger partial charge in [0.25, 0.3) is 0 Å². The molecule has 0 saturated heterocycles. The molecule has 0 fully saturated rings. The molecule has 0 saturated carbocycles. The first-order chi connectivity index (χ1) is 22.3. The minimum absolute atomic E-state index is 0.357. The van der Waals surface area contributed by atoms with Crippen molar-refractivity contribution in [1.29, 1.82) is 0 Å². The van der Waals surface area contributed by atoms with Crippen LogP contribution in [0.25, 0.3) is 66.1 Å². The lowest BCUT2D eigenvalue weighted by molar-refractivity contribution is 0.863. The molecule has 10 rings (SSSR count). The topological polar surface area (TPSA) is 9.86 Å². The molecule has 0 N–H and O–H groups in total. The molecular formula is C42H28N2S. The van der Waals surface area contributed by atoms with Crippen molar-refractivity contribution in [3.63, 3.8) is 0 Å². The highest BCUT2D eigenvalue weighted by Gasteiger charge is 2.36. The predicted octanol–water partition coefficient (Wildman–Crippen LogP) is 11.2. The van der Waals surface area contributed by atoms with Gasteiger partial charge >= 0.3 is 0 Å². The van der Waals surface area contributed by atoms with E-state index in [1.165, 1.54) is 76.6 Å². The summed E-state index contributed by atoms with van der Waals surface area (Å²) in [6.45, 7) is 0. The van der Waals surface area contributed by atoms with Crippen LogP contribution in [0.3, 0.4) is 0 Å².